The Labute approximate surface area is 156 Å². The van der Waals surface area contributed by atoms with Gasteiger partial charge in [-0.3, -0.25) is 4.79 Å². The summed E-state index contributed by atoms with van der Waals surface area (Å²) in [5, 5.41) is 9.93. The van der Waals surface area contributed by atoms with Gasteiger partial charge in [0.1, 0.15) is 5.82 Å². The van der Waals surface area contributed by atoms with Crippen LogP contribution in [-0.4, -0.2) is 42.0 Å². The molecule has 0 bridgehead atoms. The molecule has 1 saturated heterocycles. The van der Waals surface area contributed by atoms with Crippen LogP contribution in [0.2, 0.25) is 0 Å². The highest BCUT2D eigenvalue weighted by Crippen LogP contribution is 2.23. The minimum absolute atomic E-state index is 0.0831. The summed E-state index contributed by atoms with van der Waals surface area (Å²) in [7, 11) is 0. The minimum Gasteiger partial charge on any atom is -0.366 e. The first-order valence-electron chi connectivity index (χ1n) is 8.93. The number of piperazine rings is 1. The number of aromatic amines is 1. The van der Waals surface area contributed by atoms with Crippen LogP contribution in [-0.2, 0) is 11.2 Å². The Balaban J connectivity index is 1.40. The van der Waals surface area contributed by atoms with E-state index in [2.05, 4.69) is 4.98 Å². The van der Waals surface area contributed by atoms with Gasteiger partial charge in [0, 0.05) is 43.3 Å². The molecule has 27 heavy (non-hydrogen) atoms. The van der Waals surface area contributed by atoms with E-state index in [4.69, 9.17) is 5.26 Å². The molecular weight excluding hydrogens is 343 g/mol. The van der Waals surface area contributed by atoms with Crippen molar-refractivity contribution in [1.29, 1.82) is 5.26 Å². The molecule has 0 atom stereocenters. The Morgan fingerprint density at radius 3 is 2.67 bits per heavy atom. The van der Waals surface area contributed by atoms with E-state index in [0.717, 1.165) is 16.5 Å². The summed E-state index contributed by atoms with van der Waals surface area (Å²) in [5.74, 6) is -0.313. The van der Waals surface area contributed by atoms with Gasteiger partial charge in [0.25, 0.3) is 0 Å². The number of nitriles is 1. The molecule has 1 N–H and O–H groups in total. The van der Waals surface area contributed by atoms with Crippen LogP contribution >= 0.6 is 0 Å². The van der Waals surface area contributed by atoms with Gasteiger partial charge in [0.05, 0.1) is 23.7 Å². The van der Waals surface area contributed by atoms with Crippen LogP contribution in [0, 0.1) is 17.1 Å². The third kappa shape index (κ3) is 3.36. The number of H-pyrrole nitrogens is 1. The molecule has 1 fully saturated rings. The van der Waals surface area contributed by atoms with Gasteiger partial charge in [0.2, 0.25) is 5.91 Å². The lowest BCUT2D eigenvalue weighted by Gasteiger charge is -2.36. The number of carbonyl (C=O) groups excluding carboxylic acids is 1. The number of hydrogen-bond acceptors (Lipinski definition) is 3. The maximum atomic E-state index is 14.2. The van der Waals surface area contributed by atoms with Crippen LogP contribution in [0.3, 0.4) is 0 Å². The molecule has 2 aromatic carbocycles. The second kappa shape index (κ2) is 7.12. The average Bonchev–Trinajstić information content (AvgIpc) is 3.11. The topological polar surface area (TPSA) is 63.1 Å². The molecule has 3 aromatic rings. The van der Waals surface area contributed by atoms with Crippen molar-refractivity contribution in [2.75, 3.05) is 31.1 Å². The van der Waals surface area contributed by atoms with Gasteiger partial charge in [-0.05, 0) is 29.8 Å². The Bertz CT molecular complexity index is 1030. The Morgan fingerprint density at radius 1 is 1.15 bits per heavy atom. The molecule has 0 aliphatic carbocycles. The van der Waals surface area contributed by atoms with Crippen molar-refractivity contribution in [1.82, 2.24) is 9.88 Å². The maximum Gasteiger partial charge on any atom is 0.227 e. The molecular formula is C21H19FN4O. The Kier molecular flexibility index (Phi) is 4.51. The fraction of sp³-hybridized carbons (Fsp3) is 0.238. The van der Waals surface area contributed by atoms with Gasteiger partial charge in [-0.25, -0.2) is 4.39 Å². The largest absolute Gasteiger partial charge is 0.366 e. The molecule has 1 aromatic heterocycles. The van der Waals surface area contributed by atoms with Gasteiger partial charge < -0.3 is 14.8 Å². The maximum absolute atomic E-state index is 14.2. The highest BCUT2D eigenvalue weighted by atomic mass is 19.1. The fourth-order valence-corrected chi connectivity index (χ4v) is 3.58. The lowest BCUT2D eigenvalue weighted by atomic mass is 10.1. The minimum atomic E-state index is -0.396. The third-order valence-corrected chi connectivity index (χ3v) is 5.07. The molecule has 0 saturated carbocycles. The number of nitrogens with one attached hydrogen (secondary N) is 1. The summed E-state index contributed by atoms with van der Waals surface area (Å²) in [5.41, 5.74) is 2.82. The number of nitrogens with zero attached hydrogens (tertiary/aromatic N) is 3. The van der Waals surface area contributed by atoms with E-state index in [1.807, 2.05) is 46.3 Å². The zero-order chi connectivity index (χ0) is 18.8. The number of halogens is 1. The second-order valence-electron chi connectivity index (χ2n) is 6.68. The molecule has 0 radical (unpaired) electrons. The first kappa shape index (κ1) is 17.1. The zero-order valence-corrected chi connectivity index (χ0v) is 14.8. The standard InChI is InChI=1S/C21H19FN4O/c22-18-11-15(13-23)5-6-20(18)25-7-9-26(10-8-25)21(27)12-16-14-24-19-4-2-1-3-17(16)19/h1-6,11,14,24H,7-10,12H2. The smallest absolute Gasteiger partial charge is 0.227 e. The monoisotopic (exact) mass is 362 g/mol. The molecule has 1 aliphatic heterocycles. The Morgan fingerprint density at radius 2 is 1.93 bits per heavy atom. The summed E-state index contributed by atoms with van der Waals surface area (Å²) in [4.78, 5) is 19.6. The molecule has 6 heteroatoms. The third-order valence-electron chi connectivity index (χ3n) is 5.07. The average molecular weight is 362 g/mol. The highest BCUT2D eigenvalue weighted by molar-refractivity contribution is 5.89. The summed E-state index contributed by atoms with van der Waals surface area (Å²) in [6.45, 7) is 2.26. The summed E-state index contributed by atoms with van der Waals surface area (Å²) in [6, 6.07) is 14.4. The number of amides is 1. The predicted molar refractivity (Wildman–Crippen MR) is 102 cm³/mol. The molecule has 5 nitrogen and oxygen atoms in total. The van der Waals surface area contributed by atoms with Crippen molar-refractivity contribution in [2.24, 2.45) is 0 Å². The molecule has 4 rings (SSSR count). The number of aromatic nitrogens is 1. The number of hydrogen-bond donors (Lipinski definition) is 1. The lowest BCUT2D eigenvalue weighted by Crippen LogP contribution is -2.49. The number of carbonyl (C=O) groups is 1. The van der Waals surface area contributed by atoms with Crippen molar-refractivity contribution in [3.63, 3.8) is 0 Å². The predicted octanol–water partition coefficient (Wildman–Crippen LogP) is 3.07. The lowest BCUT2D eigenvalue weighted by molar-refractivity contribution is -0.130. The molecule has 2 heterocycles. The number of rotatable bonds is 3. The van der Waals surface area contributed by atoms with E-state index in [1.54, 1.807) is 12.1 Å². The van der Waals surface area contributed by atoms with E-state index in [1.165, 1.54) is 6.07 Å². The van der Waals surface area contributed by atoms with E-state index < -0.39 is 5.82 Å². The van der Waals surface area contributed by atoms with Gasteiger partial charge >= 0.3 is 0 Å². The summed E-state index contributed by atoms with van der Waals surface area (Å²) < 4.78 is 14.2. The summed E-state index contributed by atoms with van der Waals surface area (Å²) in [6.07, 6.45) is 2.25. The molecule has 136 valence electrons. The number of fused-ring (bicyclic) bond motifs is 1. The zero-order valence-electron chi connectivity index (χ0n) is 14.8. The fourth-order valence-electron chi connectivity index (χ4n) is 3.58. The van der Waals surface area contributed by atoms with Gasteiger partial charge in [-0.2, -0.15) is 5.26 Å². The van der Waals surface area contributed by atoms with Crippen molar-refractivity contribution >= 4 is 22.5 Å². The SMILES string of the molecule is N#Cc1ccc(N2CCN(C(=O)Cc3c[nH]c4ccccc34)CC2)c(F)c1. The van der Waals surface area contributed by atoms with Gasteiger partial charge in [0.15, 0.2) is 0 Å². The molecule has 1 aliphatic rings. The summed E-state index contributed by atoms with van der Waals surface area (Å²) >= 11 is 0. The van der Waals surface area contributed by atoms with Crippen LogP contribution in [0.25, 0.3) is 10.9 Å². The van der Waals surface area contributed by atoms with Gasteiger partial charge in [-0.15, -0.1) is 0 Å². The van der Waals surface area contributed by atoms with Crippen LogP contribution < -0.4 is 4.90 Å². The highest BCUT2D eigenvalue weighted by Gasteiger charge is 2.23. The quantitative estimate of drug-likeness (QED) is 0.779. The molecule has 0 unspecified atom stereocenters. The normalized spacial score (nSPS) is 14.4. The van der Waals surface area contributed by atoms with Crippen LogP contribution in [0.5, 0.6) is 0 Å². The van der Waals surface area contributed by atoms with Crippen molar-refractivity contribution in [3.05, 3.63) is 65.6 Å². The van der Waals surface area contributed by atoms with Crippen molar-refractivity contribution in [3.8, 4) is 6.07 Å². The van der Waals surface area contributed by atoms with E-state index >= 15 is 0 Å². The van der Waals surface area contributed by atoms with E-state index in [-0.39, 0.29) is 5.91 Å². The first-order valence-corrected chi connectivity index (χ1v) is 8.93. The second-order valence-corrected chi connectivity index (χ2v) is 6.68. The first-order chi connectivity index (χ1) is 13.2. The van der Waals surface area contributed by atoms with Crippen molar-refractivity contribution in [2.45, 2.75) is 6.42 Å². The van der Waals surface area contributed by atoms with Gasteiger partial charge in [-0.1, -0.05) is 18.2 Å². The van der Waals surface area contributed by atoms with Crippen LogP contribution in [0.1, 0.15) is 11.1 Å². The Hall–Kier alpha value is -3.33. The van der Waals surface area contributed by atoms with E-state index in [0.29, 0.717) is 43.9 Å². The molecule has 0 spiro atoms. The van der Waals surface area contributed by atoms with Crippen LogP contribution in [0.15, 0.2) is 48.7 Å². The number of para-hydroxylation sites is 1. The van der Waals surface area contributed by atoms with Crippen molar-refractivity contribution < 1.29 is 9.18 Å². The number of anilines is 1. The number of benzene rings is 2. The van der Waals surface area contributed by atoms with E-state index in [9.17, 15) is 9.18 Å². The van der Waals surface area contributed by atoms with Crippen LogP contribution in [0.4, 0.5) is 10.1 Å². The molecule has 1 amide bonds.